The van der Waals surface area contributed by atoms with E-state index in [1.807, 2.05) is 6.92 Å². The normalized spacial score (nSPS) is 10.2. The standard InChI is InChI=1S/C10H16FN3O2/c1-3-4-12-10-13-7-8(11)9(14-10)16-6-5-15-2/h7H,3-6H2,1-2H3,(H,12,13,14). The summed E-state index contributed by atoms with van der Waals surface area (Å²) in [5.41, 5.74) is 0. The van der Waals surface area contributed by atoms with Crippen molar-refractivity contribution in [1.29, 1.82) is 0 Å². The molecule has 0 unspecified atom stereocenters. The van der Waals surface area contributed by atoms with Crippen LogP contribution >= 0.6 is 0 Å². The molecule has 0 saturated heterocycles. The Balaban J connectivity index is 2.59. The van der Waals surface area contributed by atoms with Gasteiger partial charge < -0.3 is 14.8 Å². The highest BCUT2D eigenvalue weighted by Crippen LogP contribution is 2.14. The minimum atomic E-state index is -0.571. The first-order valence-corrected chi connectivity index (χ1v) is 5.16. The van der Waals surface area contributed by atoms with Crippen molar-refractivity contribution in [2.24, 2.45) is 0 Å². The van der Waals surface area contributed by atoms with E-state index >= 15 is 0 Å². The van der Waals surface area contributed by atoms with Crippen molar-refractivity contribution in [3.63, 3.8) is 0 Å². The van der Waals surface area contributed by atoms with E-state index in [1.165, 1.54) is 0 Å². The number of nitrogens with zero attached hydrogens (tertiary/aromatic N) is 2. The average Bonchev–Trinajstić information content (AvgIpc) is 2.30. The van der Waals surface area contributed by atoms with E-state index in [1.54, 1.807) is 7.11 Å². The van der Waals surface area contributed by atoms with Crippen LogP contribution in [0.1, 0.15) is 13.3 Å². The van der Waals surface area contributed by atoms with Crippen LogP contribution in [0.2, 0.25) is 0 Å². The van der Waals surface area contributed by atoms with Gasteiger partial charge in [0.1, 0.15) is 6.61 Å². The van der Waals surface area contributed by atoms with Crippen LogP contribution in [0.4, 0.5) is 10.3 Å². The first-order chi connectivity index (χ1) is 7.77. The number of aromatic nitrogens is 2. The SMILES string of the molecule is CCCNc1ncc(F)c(OCCOC)n1. The number of halogens is 1. The van der Waals surface area contributed by atoms with Gasteiger partial charge >= 0.3 is 0 Å². The van der Waals surface area contributed by atoms with Gasteiger partial charge in [0, 0.05) is 13.7 Å². The molecule has 0 radical (unpaired) electrons. The molecule has 0 aliphatic heterocycles. The molecule has 5 nitrogen and oxygen atoms in total. The molecule has 0 fully saturated rings. The van der Waals surface area contributed by atoms with E-state index in [-0.39, 0.29) is 12.5 Å². The highest BCUT2D eigenvalue weighted by molar-refractivity contribution is 5.28. The minimum Gasteiger partial charge on any atom is -0.473 e. The van der Waals surface area contributed by atoms with E-state index < -0.39 is 5.82 Å². The maximum atomic E-state index is 13.2. The third kappa shape index (κ3) is 3.98. The third-order valence-corrected chi connectivity index (χ3v) is 1.77. The molecule has 0 saturated carbocycles. The number of ether oxygens (including phenoxy) is 2. The van der Waals surface area contributed by atoms with Gasteiger partial charge in [0.15, 0.2) is 0 Å². The number of rotatable bonds is 7. The highest BCUT2D eigenvalue weighted by Gasteiger charge is 2.07. The Morgan fingerprint density at radius 3 is 2.94 bits per heavy atom. The topological polar surface area (TPSA) is 56.3 Å². The summed E-state index contributed by atoms with van der Waals surface area (Å²) < 4.78 is 23.1. The van der Waals surface area contributed by atoms with Gasteiger partial charge in [-0.1, -0.05) is 6.92 Å². The van der Waals surface area contributed by atoms with E-state index in [4.69, 9.17) is 9.47 Å². The molecule has 0 aliphatic carbocycles. The van der Waals surface area contributed by atoms with Crippen LogP contribution in [0.3, 0.4) is 0 Å². The van der Waals surface area contributed by atoms with Gasteiger partial charge in [-0.15, -0.1) is 0 Å². The maximum Gasteiger partial charge on any atom is 0.255 e. The van der Waals surface area contributed by atoms with E-state index in [2.05, 4.69) is 15.3 Å². The summed E-state index contributed by atoms with van der Waals surface area (Å²) in [6.45, 7) is 3.41. The number of anilines is 1. The van der Waals surface area contributed by atoms with Gasteiger partial charge in [-0.05, 0) is 6.42 Å². The molecule has 1 N–H and O–H groups in total. The molecule has 0 bridgehead atoms. The van der Waals surface area contributed by atoms with Crippen molar-refractivity contribution < 1.29 is 13.9 Å². The molecule has 0 aliphatic rings. The summed E-state index contributed by atoms with van der Waals surface area (Å²) in [5.74, 6) is -0.250. The second-order valence-electron chi connectivity index (χ2n) is 3.11. The minimum absolute atomic E-state index is 0.0503. The Labute approximate surface area is 94.0 Å². The molecule has 1 aromatic rings. The van der Waals surface area contributed by atoms with Crippen LogP contribution in [0.15, 0.2) is 6.20 Å². The van der Waals surface area contributed by atoms with Gasteiger partial charge in [0.05, 0.1) is 12.8 Å². The fraction of sp³-hybridized carbons (Fsp3) is 0.600. The molecule has 1 heterocycles. The number of methoxy groups -OCH3 is 1. The van der Waals surface area contributed by atoms with Crippen molar-refractivity contribution in [3.8, 4) is 5.88 Å². The van der Waals surface area contributed by atoms with Crippen LogP contribution in [0.25, 0.3) is 0 Å². The van der Waals surface area contributed by atoms with Crippen molar-refractivity contribution in [1.82, 2.24) is 9.97 Å². The summed E-state index contributed by atoms with van der Waals surface area (Å²) in [4.78, 5) is 7.70. The van der Waals surface area contributed by atoms with Crippen LogP contribution in [-0.4, -0.2) is 36.8 Å². The quantitative estimate of drug-likeness (QED) is 0.717. The Morgan fingerprint density at radius 2 is 2.25 bits per heavy atom. The molecule has 0 aromatic carbocycles. The fourth-order valence-corrected chi connectivity index (χ4v) is 0.996. The second-order valence-corrected chi connectivity index (χ2v) is 3.11. The Hall–Kier alpha value is -1.43. The lowest BCUT2D eigenvalue weighted by Crippen LogP contribution is -2.10. The average molecular weight is 229 g/mol. The molecule has 90 valence electrons. The first-order valence-electron chi connectivity index (χ1n) is 5.16. The van der Waals surface area contributed by atoms with Crippen molar-refractivity contribution >= 4 is 5.95 Å². The zero-order valence-electron chi connectivity index (χ0n) is 9.49. The van der Waals surface area contributed by atoms with Gasteiger partial charge in [0.2, 0.25) is 11.8 Å². The Morgan fingerprint density at radius 1 is 1.44 bits per heavy atom. The van der Waals surface area contributed by atoms with Gasteiger partial charge in [-0.25, -0.2) is 4.98 Å². The largest absolute Gasteiger partial charge is 0.473 e. The molecule has 6 heteroatoms. The Kier molecular flexibility index (Phi) is 5.49. The monoisotopic (exact) mass is 229 g/mol. The smallest absolute Gasteiger partial charge is 0.255 e. The second kappa shape index (κ2) is 6.95. The molecular formula is C10H16FN3O2. The first kappa shape index (κ1) is 12.6. The molecule has 1 rings (SSSR count). The molecule has 16 heavy (non-hydrogen) atoms. The molecule has 0 atom stereocenters. The summed E-state index contributed by atoms with van der Waals surface area (Å²) in [6, 6.07) is 0. The molecular weight excluding hydrogens is 213 g/mol. The van der Waals surface area contributed by atoms with Gasteiger partial charge in [0.25, 0.3) is 5.88 Å². The molecule has 0 amide bonds. The fourth-order valence-electron chi connectivity index (χ4n) is 0.996. The Bertz CT molecular complexity index is 323. The number of hydrogen-bond acceptors (Lipinski definition) is 5. The molecule has 0 spiro atoms. The predicted molar refractivity (Wildman–Crippen MR) is 58.1 cm³/mol. The third-order valence-electron chi connectivity index (χ3n) is 1.77. The maximum absolute atomic E-state index is 13.2. The summed E-state index contributed by atoms with van der Waals surface area (Å²) >= 11 is 0. The lowest BCUT2D eigenvalue weighted by atomic mass is 10.5. The summed E-state index contributed by atoms with van der Waals surface area (Å²) in [7, 11) is 1.55. The van der Waals surface area contributed by atoms with Gasteiger partial charge in [-0.3, -0.25) is 0 Å². The predicted octanol–water partition coefficient (Wildman–Crippen LogP) is 1.46. The lowest BCUT2D eigenvalue weighted by Gasteiger charge is -2.07. The van der Waals surface area contributed by atoms with Crippen molar-refractivity contribution in [2.75, 3.05) is 32.2 Å². The number of hydrogen-bond donors (Lipinski definition) is 1. The van der Waals surface area contributed by atoms with E-state index in [0.717, 1.165) is 19.2 Å². The van der Waals surface area contributed by atoms with Crippen LogP contribution in [-0.2, 0) is 4.74 Å². The van der Waals surface area contributed by atoms with Crippen molar-refractivity contribution in [2.45, 2.75) is 13.3 Å². The highest BCUT2D eigenvalue weighted by atomic mass is 19.1. The van der Waals surface area contributed by atoms with Crippen LogP contribution in [0.5, 0.6) is 5.88 Å². The summed E-state index contributed by atoms with van der Waals surface area (Å²) in [6.07, 6.45) is 2.04. The van der Waals surface area contributed by atoms with Crippen LogP contribution < -0.4 is 10.1 Å². The van der Waals surface area contributed by atoms with Crippen LogP contribution in [0, 0.1) is 5.82 Å². The zero-order valence-corrected chi connectivity index (χ0v) is 9.49. The summed E-state index contributed by atoms with van der Waals surface area (Å²) in [5, 5.41) is 2.95. The number of nitrogens with one attached hydrogen (secondary N) is 1. The van der Waals surface area contributed by atoms with E-state index in [0.29, 0.717) is 12.6 Å². The van der Waals surface area contributed by atoms with E-state index in [9.17, 15) is 4.39 Å². The zero-order chi connectivity index (χ0) is 11.8. The van der Waals surface area contributed by atoms with Crippen molar-refractivity contribution in [3.05, 3.63) is 12.0 Å². The molecule has 1 aromatic heterocycles. The van der Waals surface area contributed by atoms with Gasteiger partial charge in [-0.2, -0.15) is 9.37 Å². The lowest BCUT2D eigenvalue weighted by molar-refractivity contribution is 0.141.